The van der Waals surface area contributed by atoms with Crippen molar-refractivity contribution < 1.29 is 9.59 Å². The molecule has 0 unspecified atom stereocenters. The van der Waals surface area contributed by atoms with Crippen LogP contribution >= 0.6 is 15.9 Å². The van der Waals surface area contributed by atoms with Gasteiger partial charge in [0.2, 0.25) is 0 Å². The Balaban J connectivity index is 1.69. The van der Waals surface area contributed by atoms with Gasteiger partial charge >= 0.3 is 0 Å². The normalized spacial score (nSPS) is 10.4. The summed E-state index contributed by atoms with van der Waals surface area (Å²) in [6.07, 6.45) is 1.30. The fourth-order valence-corrected chi connectivity index (χ4v) is 2.59. The Labute approximate surface area is 150 Å². The van der Waals surface area contributed by atoms with E-state index in [2.05, 4.69) is 31.8 Å². The second kappa shape index (κ2) is 7.27. The SMILES string of the molecule is O=C(Cn1cnc2ccc(Br)cc2c1=O)NNC(=O)c1ccccc1. The Morgan fingerprint density at radius 3 is 2.60 bits per heavy atom. The smallest absolute Gasteiger partial charge is 0.269 e. The lowest BCUT2D eigenvalue weighted by molar-refractivity contribution is -0.122. The minimum atomic E-state index is -0.539. The lowest BCUT2D eigenvalue weighted by Gasteiger charge is -2.09. The van der Waals surface area contributed by atoms with Gasteiger partial charge in [0, 0.05) is 10.0 Å². The summed E-state index contributed by atoms with van der Waals surface area (Å²) in [6, 6.07) is 13.6. The number of benzene rings is 2. The molecule has 0 saturated heterocycles. The topological polar surface area (TPSA) is 93.1 Å². The van der Waals surface area contributed by atoms with E-state index >= 15 is 0 Å². The molecule has 2 amide bonds. The van der Waals surface area contributed by atoms with Crippen LogP contribution < -0.4 is 16.4 Å². The molecule has 2 N–H and O–H groups in total. The first-order chi connectivity index (χ1) is 12.0. The van der Waals surface area contributed by atoms with Gasteiger partial charge in [-0.15, -0.1) is 0 Å². The number of aromatic nitrogens is 2. The van der Waals surface area contributed by atoms with Gasteiger partial charge in [-0.1, -0.05) is 34.1 Å². The molecule has 0 saturated carbocycles. The van der Waals surface area contributed by atoms with E-state index in [1.807, 2.05) is 0 Å². The summed E-state index contributed by atoms with van der Waals surface area (Å²) in [7, 11) is 0. The predicted molar refractivity (Wildman–Crippen MR) is 95.8 cm³/mol. The highest BCUT2D eigenvalue weighted by molar-refractivity contribution is 9.10. The van der Waals surface area contributed by atoms with Gasteiger partial charge in [0.25, 0.3) is 17.4 Å². The lowest BCUT2D eigenvalue weighted by atomic mass is 10.2. The number of hydrazine groups is 1. The minimum absolute atomic E-state index is 0.261. The third kappa shape index (κ3) is 3.92. The summed E-state index contributed by atoms with van der Waals surface area (Å²) < 4.78 is 1.93. The number of halogens is 1. The molecule has 0 atom stereocenters. The van der Waals surface area contributed by atoms with Crippen LogP contribution in [0.5, 0.6) is 0 Å². The van der Waals surface area contributed by atoms with Gasteiger partial charge in [-0.05, 0) is 30.3 Å². The van der Waals surface area contributed by atoms with Crippen molar-refractivity contribution in [3.05, 3.63) is 75.2 Å². The summed E-state index contributed by atoms with van der Waals surface area (Å²) in [6.45, 7) is -0.261. The maximum atomic E-state index is 12.4. The molecule has 1 heterocycles. The van der Waals surface area contributed by atoms with Gasteiger partial charge in [-0.3, -0.25) is 29.8 Å². The molecule has 3 aromatic rings. The van der Waals surface area contributed by atoms with Crippen molar-refractivity contribution in [3.63, 3.8) is 0 Å². The van der Waals surface area contributed by atoms with Crippen LogP contribution in [0.1, 0.15) is 10.4 Å². The molecule has 0 fully saturated rings. The van der Waals surface area contributed by atoms with Crippen LogP contribution in [0.15, 0.2) is 64.1 Å². The average Bonchev–Trinajstić information content (AvgIpc) is 2.63. The fourth-order valence-electron chi connectivity index (χ4n) is 2.23. The summed E-state index contributed by atoms with van der Waals surface area (Å²) in [5.41, 5.74) is 5.20. The van der Waals surface area contributed by atoms with Crippen molar-refractivity contribution in [1.82, 2.24) is 20.4 Å². The maximum Gasteiger partial charge on any atom is 0.269 e. The van der Waals surface area contributed by atoms with Gasteiger partial charge in [0.05, 0.1) is 17.2 Å². The molecule has 8 heteroatoms. The number of carbonyl (C=O) groups excluding carboxylic acids is 2. The molecule has 0 aliphatic heterocycles. The highest BCUT2D eigenvalue weighted by atomic mass is 79.9. The van der Waals surface area contributed by atoms with Gasteiger partial charge in [0.1, 0.15) is 6.54 Å². The Morgan fingerprint density at radius 1 is 1.08 bits per heavy atom. The van der Waals surface area contributed by atoms with Crippen LogP contribution in [0.4, 0.5) is 0 Å². The fraction of sp³-hybridized carbons (Fsp3) is 0.0588. The summed E-state index contributed by atoms with van der Waals surface area (Å²) in [5.74, 6) is -0.982. The molecular formula is C17H13BrN4O3. The third-order valence-electron chi connectivity index (χ3n) is 3.45. The number of fused-ring (bicyclic) bond motifs is 1. The second-order valence-electron chi connectivity index (χ2n) is 5.21. The quantitative estimate of drug-likeness (QED) is 0.653. The Hall–Kier alpha value is -3.00. The van der Waals surface area contributed by atoms with Crippen LogP contribution in [-0.4, -0.2) is 21.4 Å². The van der Waals surface area contributed by atoms with Gasteiger partial charge in [-0.2, -0.15) is 0 Å². The van der Waals surface area contributed by atoms with Crippen LogP contribution in [0.3, 0.4) is 0 Å². The van der Waals surface area contributed by atoms with E-state index in [4.69, 9.17) is 0 Å². The number of nitrogens with one attached hydrogen (secondary N) is 2. The highest BCUT2D eigenvalue weighted by Gasteiger charge is 2.10. The first-order valence-electron chi connectivity index (χ1n) is 7.33. The largest absolute Gasteiger partial charge is 0.289 e. The molecule has 0 aliphatic rings. The van der Waals surface area contributed by atoms with Crippen LogP contribution in [0.2, 0.25) is 0 Å². The Morgan fingerprint density at radius 2 is 1.84 bits per heavy atom. The van der Waals surface area contributed by atoms with Crippen molar-refractivity contribution in [1.29, 1.82) is 0 Å². The molecule has 25 heavy (non-hydrogen) atoms. The van der Waals surface area contributed by atoms with E-state index < -0.39 is 11.8 Å². The summed E-state index contributed by atoms with van der Waals surface area (Å²) in [4.78, 5) is 40.4. The molecule has 2 aromatic carbocycles. The number of amides is 2. The highest BCUT2D eigenvalue weighted by Crippen LogP contribution is 2.14. The van der Waals surface area contributed by atoms with Crippen molar-refractivity contribution in [2.45, 2.75) is 6.54 Å². The van der Waals surface area contributed by atoms with Crippen molar-refractivity contribution in [2.24, 2.45) is 0 Å². The molecule has 1 aromatic heterocycles. The molecular weight excluding hydrogens is 388 g/mol. The van der Waals surface area contributed by atoms with E-state index in [9.17, 15) is 14.4 Å². The maximum absolute atomic E-state index is 12.4. The van der Waals surface area contributed by atoms with Crippen molar-refractivity contribution in [3.8, 4) is 0 Å². The number of rotatable bonds is 3. The number of carbonyl (C=O) groups is 2. The zero-order valence-electron chi connectivity index (χ0n) is 12.9. The van der Waals surface area contributed by atoms with Gasteiger partial charge < -0.3 is 0 Å². The number of nitrogens with zero attached hydrogens (tertiary/aromatic N) is 2. The summed E-state index contributed by atoms with van der Waals surface area (Å²) in [5, 5.41) is 0.401. The van der Waals surface area contributed by atoms with E-state index in [1.54, 1.807) is 48.5 Å². The molecule has 3 rings (SSSR count). The molecule has 0 bridgehead atoms. The monoisotopic (exact) mass is 400 g/mol. The van der Waals surface area contributed by atoms with E-state index in [1.165, 1.54) is 10.9 Å². The number of hydrogen-bond donors (Lipinski definition) is 2. The predicted octanol–water partition coefficient (Wildman–Crippen LogP) is 1.62. The minimum Gasteiger partial charge on any atom is -0.289 e. The van der Waals surface area contributed by atoms with Crippen molar-refractivity contribution in [2.75, 3.05) is 0 Å². The van der Waals surface area contributed by atoms with Crippen LogP contribution in [-0.2, 0) is 11.3 Å². The number of hydrogen-bond acceptors (Lipinski definition) is 4. The van der Waals surface area contributed by atoms with Crippen LogP contribution in [0.25, 0.3) is 10.9 Å². The summed E-state index contributed by atoms with van der Waals surface area (Å²) >= 11 is 3.30. The molecule has 0 aliphatic carbocycles. The first kappa shape index (κ1) is 16.8. The zero-order valence-corrected chi connectivity index (χ0v) is 14.5. The van der Waals surface area contributed by atoms with Crippen molar-refractivity contribution >= 4 is 38.6 Å². The molecule has 126 valence electrons. The van der Waals surface area contributed by atoms with Gasteiger partial charge in [-0.25, -0.2) is 4.98 Å². The van der Waals surface area contributed by atoms with E-state index in [-0.39, 0.29) is 12.1 Å². The third-order valence-corrected chi connectivity index (χ3v) is 3.94. The lowest BCUT2D eigenvalue weighted by Crippen LogP contribution is -2.44. The zero-order chi connectivity index (χ0) is 17.8. The molecule has 0 radical (unpaired) electrons. The second-order valence-corrected chi connectivity index (χ2v) is 6.12. The van der Waals surface area contributed by atoms with E-state index in [0.29, 0.717) is 16.5 Å². The standard InChI is InChI=1S/C17H13BrN4O3/c18-12-6-7-14-13(8-12)17(25)22(10-19-14)9-15(23)20-21-16(24)11-4-2-1-3-5-11/h1-8,10H,9H2,(H,20,23)(H,21,24). The molecule has 0 spiro atoms. The first-order valence-corrected chi connectivity index (χ1v) is 8.13. The Bertz CT molecular complexity index is 1000. The van der Waals surface area contributed by atoms with Crippen LogP contribution in [0, 0.1) is 0 Å². The molecule has 7 nitrogen and oxygen atoms in total. The Kier molecular flexibility index (Phi) is 4.90. The van der Waals surface area contributed by atoms with Gasteiger partial charge in [0.15, 0.2) is 0 Å². The van der Waals surface area contributed by atoms with E-state index in [0.717, 1.165) is 4.47 Å². The average molecular weight is 401 g/mol.